The summed E-state index contributed by atoms with van der Waals surface area (Å²) in [5.41, 5.74) is 0. The minimum absolute atomic E-state index is 0. The molecule has 7 heteroatoms. The molecule has 0 spiro atoms. The maximum atomic E-state index is 8.55. The Morgan fingerprint density at radius 3 is 1.14 bits per heavy atom. The zero-order valence-electron chi connectivity index (χ0n) is 3.09. The van der Waals surface area contributed by atoms with Crippen molar-refractivity contribution in [1.82, 2.24) is 0 Å². The number of rotatable bonds is 0. The second-order valence-corrected chi connectivity index (χ2v) is 1.34. The third kappa shape index (κ3) is 65.1. The van der Waals surface area contributed by atoms with E-state index in [-0.39, 0.29) is 65.9 Å². The molecule has 0 aromatic heterocycles. The number of hydrogen-bond donors (Lipinski definition) is 0. The smallest absolute Gasteiger partial charge is 0.822 e. The van der Waals surface area contributed by atoms with E-state index in [2.05, 4.69) is 0 Å². The third-order valence-electron chi connectivity index (χ3n) is 0. The van der Waals surface area contributed by atoms with Crippen LogP contribution in [-0.2, 0) is 21.6 Å². The molecule has 0 aromatic carbocycles. The van der Waals surface area contributed by atoms with Crippen molar-refractivity contribution in [3.8, 4) is 0 Å². The first-order chi connectivity index (χ1) is 2.00. The molecule has 0 atom stereocenters. The van der Waals surface area contributed by atoms with E-state index in [1.165, 1.54) is 0 Å². The van der Waals surface area contributed by atoms with Crippen LogP contribution in [0, 0.1) is 0 Å². The van der Waals surface area contributed by atoms with E-state index >= 15 is 0 Å². The zero-order valence-corrected chi connectivity index (χ0v) is 9.37. The van der Waals surface area contributed by atoms with E-state index < -0.39 is 7.82 Å². The second kappa shape index (κ2) is 6.32. The van der Waals surface area contributed by atoms with Crippen LogP contribution in [-0.4, -0.2) is 48.9 Å². The van der Waals surface area contributed by atoms with Crippen molar-refractivity contribution in [1.29, 1.82) is 0 Å². The molecule has 0 rings (SSSR count). The van der Waals surface area contributed by atoms with Crippen molar-refractivity contribution in [2.75, 3.05) is 0 Å². The Balaban J connectivity index is -0.0000000800. The number of hydrogen-bond acceptors (Lipinski definition) is 4. The van der Waals surface area contributed by atoms with Gasteiger partial charge >= 0.3 is 65.9 Å². The molecular formula is BaCuO4P. The van der Waals surface area contributed by atoms with Gasteiger partial charge in [-0.25, -0.2) is 0 Å². The molecular weight excluding hydrogens is 296 g/mol. The Kier molecular flexibility index (Phi) is 14.5. The van der Waals surface area contributed by atoms with Crippen LogP contribution in [0.2, 0.25) is 0 Å². The Bertz CT molecular complexity index is 57.8. The summed E-state index contributed by atoms with van der Waals surface area (Å²) in [4.78, 5) is 25.6. The quantitative estimate of drug-likeness (QED) is 0.348. The molecule has 0 unspecified atom stereocenters. The molecule has 0 saturated heterocycles. The summed E-state index contributed by atoms with van der Waals surface area (Å²) in [5, 5.41) is 0. The Labute approximate surface area is 91.5 Å². The van der Waals surface area contributed by atoms with Crippen LogP contribution >= 0.6 is 7.82 Å². The van der Waals surface area contributed by atoms with Gasteiger partial charge in [-0.3, -0.25) is 0 Å². The van der Waals surface area contributed by atoms with Gasteiger partial charge in [0.05, 0.1) is 0 Å². The maximum absolute atomic E-state index is 8.55. The molecule has 42 valence electrons. The van der Waals surface area contributed by atoms with E-state index in [0.717, 1.165) is 0 Å². The molecule has 0 radical (unpaired) electrons. The van der Waals surface area contributed by atoms with Gasteiger partial charge in [0.2, 0.25) is 0 Å². The van der Waals surface area contributed by atoms with E-state index in [0.29, 0.717) is 0 Å². The fourth-order valence-corrected chi connectivity index (χ4v) is 0. The average molecular weight is 296 g/mol. The normalized spacial score (nSPS) is 8.43. The minimum atomic E-state index is -5.39. The molecule has 0 fully saturated rings. The Hall–Kier alpha value is 2.20. The second-order valence-electron chi connectivity index (χ2n) is 0.447. The first-order valence-corrected chi connectivity index (χ1v) is 2.19. The van der Waals surface area contributed by atoms with Crippen molar-refractivity contribution in [2.45, 2.75) is 0 Å². The van der Waals surface area contributed by atoms with Crippen molar-refractivity contribution in [3.05, 3.63) is 0 Å². The predicted octanol–water partition coefficient (Wildman–Crippen LogP) is -3.21. The molecule has 0 saturated carbocycles. The van der Waals surface area contributed by atoms with Crippen molar-refractivity contribution in [3.63, 3.8) is 0 Å². The summed E-state index contributed by atoms with van der Waals surface area (Å²) < 4.78 is 8.55. The van der Waals surface area contributed by atoms with Crippen LogP contribution in [0.25, 0.3) is 0 Å². The molecule has 0 amide bonds. The van der Waals surface area contributed by atoms with Crippen molar-refractivity contribution >= 4 is 56.7 Å². The van der Waals surface area contributed by atoms with Crippen molar-refractivity contribution in [2.24, 2.45) is 0 Å². The minimum Gasteiger partial charge on any atom is -0.822 e. The first-order valence-electron chi connectivity index (χ1n) is 0.730. The van der Waals surface area contributed by atoms with Crippen molar-refractivity contribution < 1.29 is 36.3 Å². The van der Waals surface area contributed by atoms with Gasteiger partial charge < -0.3 is 19.2 Å². The molecule has 0 aliphatic carbocycles. The molecule has 4 nitrogen and oxygen atoms in total. The van der Waals surface area contributed by atoms with Crippen LogP contribution in [0.1, 0.15) is 0 Å². The van der Waals surface area contributed by atoms with Crippen LogP contribution < -0.4 is 14.7 Å². The fourth-order valence-electron chi connectivity index (χ4n) is 0. The summed E-state index contributed by atoms with van der Waals surface area (Å²) in [6.45, 7) is 0. The summed E-state index contributed by atoms with van der Waals surface area (Å²) in [7, 11) is -5.39. The standard InChI is InChI=1S/Ba.Cu.H3O4P/c;;1-5(2,3)4/h;;(H3,1,2,3,4)/q+2;+1;/p-3. The monoisotopic (exact) mass is 296 g/mol. The van der Waals surface area contributed by atoms with Gasteiger partial charge in [0, 0.05) is 0 Å². The first kappa shape index (κ1) is 16.1. The molecule has 0 aliphatic rings. The molecule has 7 heavy (non-hydrogen) atoms. The zero-order chi connectivity index (χ0) is 4.50. The van der Waals surface area contributed by atoms with Gasteiger partial charge in [0.15, 0.2) is 0 Å². The predicted molar refractivity (Wildman–Crippen MR) is 13.4 cm³/mol. The summed E-state index contributed by atoms with van der Waals surface area (Å²) >= 11 is 0. The van der Waals surface area contributed by atoms with Crippen LogP contribution in [0.5, 0.6) is 0 Å². The van der Waals surface area contributed by atoms with E-state index in [4.69, 9.17) is 19.2 Å². The SMILES string of the molecule is O=P([O-])([O-])[O-].[Ba+2].[Cu+]. The Morgan fingerprint density at radius 1 is 1.14 bits per heavy atom. The topological polar surface area (TPSA) is 86.2 Å². The summed E-state index contributed by atoms with van der Waals surface area (Å²) in [6.07, 6.45) is 0. The molecule has 0 bridgehead atoms. The van der Waals surface area contributed by atoms with E-state index in [9.17, 15) is 0 Å². The molecule has 0 N–H and O–H groups in total. The van der Waals surface area contributed by atoms with Gasteiger partial charge in [-0.15, -0.1) is 0 Å². The van der Waals surface area contributed by atoms with Crippen LogP contribution in [0.4, 0.5) is 0 Å². The van der Waals surface area contributed by atoms with Gasteiger partial charge in [0.1, 0.15) is 0 Å². The fraction of sp³-hybridized carbons (Fsp3) is 0. The largest absolute Gasteiger partial charge is 2.00 e. The third-order valence-corrected chi connectivity index (χ3v) is 0. The average Bonchev–Trinajstić information content (AvgIpc) is 0.722. The summed E-state index contributed by atoms with van der Waals surface area (Å²) in [6, 6.07) is 0. The van der Waals surface area contributed by atoms with Crippen LogP contribution in [0.15, 0.2) is 0 Å². The summed E-state index contributed by atoms with van der Waals surface area (Å²) in [5.74, 6) is 0. The van der Waals surface area contributed by atoms with Gasteiger partial charge in [0.25, 0.3) is 0 Å². The van der Waals surface area contributed by atoms with Gasteiger partial charge in [-0.1, -0.05) is 0 Å². The Morgan fingerprint density at radius 2 is 1.14 bits per heavy atom. The maximum Gasteiger partial charge on any atom is 2.00 e. The molecule has 0 aromatic rings. The van der Waals surface area contributed by atoms with E-state index in [1.54, 1.807) is 0 Å². The van der Waals surface area contributed by atoms with E-state index in [1.807, 2.05) is 0 Å². The molecule has 0 heterocycles. The van der Waals surface area contributed by atoms with Gasteiger partial charge in [-0.2, -0.15) is 7.82 Å². The van der Waals surface area contributed by atoms with Gasteiger partial charge in [-0.05, 0) is 0 Å². The van der Waals surface area contributed by atoms with Crippen LogP contribution in [0.3, 0.4) is 0 Å². The number of phosphoric acid groups is 1. The molecule has 0 aliphatic heterocycles.